The summed E-state index contributed by atoms with van der Waals surface area (Å²) in [6.07, 6.45) is 5.62. The van der Waals surface area contributed by atoms with Crippen molar-refractivity contribution in [3.05, 3.63) is 47.8 Å². The van der Waals surface area contributed by atoms with Crippen molar-refractivity contribution in [3.63, 3.8) is 0 Å². The van der Waals surface area contributed by atoms with Gasteiger partial charge in [-0.25, -0.2) is 0 Å². The van der Waals surface area contributed by atoms with Crippen LogP contribution in [0.25, 0.3) is 6.08 Å². The lowest BCUT2D eigenvalue weighted by Gasteiger charge is -1.99. The maximum atomic E-state index is 4.38. The molecule has 0 N–H and O–H groups in total. The number of hydrogen-bond donors (Lipinski definition) is 0. The van der Waals surface area contributed by atoms with Gasteiger partial charge in [-0.15, -0.1) is 0 Å². The summed E-state index contributed by atoms with van der Waals surface area (Å²) in [4.78, 5) is 4.38. The van der Waals surface area contributed by atoms with Crippen LogP contribution in [0, 0.1) is 13.8 Å². The predicted molar refractivity (Wildman–Crippen MR) is 52.9 cm³/mol. The highest BCUT2D eigenvalue weighted by Gasteiger charge is 1.94. The van der Waals surface area contributed by atoms with Gasteiger partial charge in [-0.1, -0.05) is 24.8 Å². The first-order valence-electron chi connectivity index (χ1n) is 3.97. The Hall–Kier alpha value is -1.37. The van der Waals surface area contributed by atoms with Crippen LogP contribution < -0.4 is 0 Å². The molecule has 1 heterocycles. The van der Waals surface area contributed by atoms with Crippen molar-refractivity contribution >= 4 is 6.08 Å². The van der Waals surface area contributed by atoms with Gasteiger partial charge in [0.15, 0.2) is 0 Å². The highest BCUT2D eigenvalue weighted by atomic mass is 14.7. The number of rotatable bonds is 2. The molecule has 0 bridgehead atoms. The fourth-order valence-corrected chi connectivity index (χ4v) is 0.974. The monoisotopic (exact) mass is 159 g/mol. The molecule has 0 radical (unpaired) electrons. The number of allylic oxidation sites excluding steroid dienone is 2. The molecule has 62 valence electrons. The van der Waals surface area contributed by atoms with E-state index in [1.807, 2.05) is 25.1 Å². The second kappa shape index (κ2) is 3.86. The summed E-state index contributed by atoms with van der Waals surface area (Å²) in [7, 11) is 0. The van der Waals surface area contributed by atoms with E-state index in [-0.39, 0.29) is 0 Å². The maximum Gasteiger partial charge on any atom is 0.0661 e. The van der Waals surface area contributed by atoms with E-state index in [2.05, 4.69) is 24.6 Å². The number of aryl methyl sites for hydroxylation is 2. The molecule has 0 saturated heterocycles. The summed E-state index contributed by atoms with van der Waals surface area (Å²) in [5.74, 6) is 0. The highest BCUT2D eigenvalue weighted by Crippen LogP contribution is 2.07. The van der Waals surface area contributed by atoms with E-state index in [0.29, 0.717) is 0 Å². The summed E-state index contributed by atoms with van der Waals surface area (Å²) in [6, 6.07) is 4.09. The Labute approximate surface area is 73.5 Å². The molecule has 1 heteroatoms. The van der Waals surface area contributed by atoms with E-state index in [1.165, 1.54) is 5.56 Å². The largest absolute Gasteiger partial charge is 0.253 e. The molecule has 12 heavy (non-hydrogen) atoms. The van der Waals surface area contributed by atoms with E-state index in [1.54, 1.807) is 6.08 Å². The number of aromatic nitrogens is 1. The predicted octanol–water partition coefficient (Wildman–Crippen LogP) is 2.90. The minimum atomic E-state index is 1.02. The van der Waals surface area contributed by atoms with Crippen molar-refractivity contribution in [2.45, 2.75) is 13.8 Å². The van der Waals surface area contributed by atoms with E-state index in [4.69, 9.17) is 0 Å². The molecule has 0 aliphatic rings. The third-order valence-corrected chi connectivity index (χ3v) is 1.67. The fourth-order valence-electron chi connectivity index (χ4n) is 0.974. The standard InChI is InChI=1S/C11H13N/c1-4-5-6-11-9(2)7-8-10(3)12-11/h4-8H,1H2,2-3H3. The van der Waals surface area contributed by atoms with Gasteiger partial charge in [0.25, 0.3) is 0 Å². The minimum absolute atomic E-state index is 1.02. The fraction of sp³-hybridized carbons (Fsp3) is 0.182. The quantitative estimate of drug-likeness (QED) is 0.604. The van der Waals surface area contributed by atoms with Crippen LogP contribution in [0.2, 0.25) is 0 Å². The summed E-state index contributed by atoms with van der Waals surface area (Å²) >= 11 is 0. The average Bonchev–Trinajstić information content (AvgIpc) is 2.07. The van der Waals surface area contributed by atoms with Crippen LogP contribution in [0.4, 0.5) is 0 Å². The van der Waals surface area contributed by atoms with Crippen LogP contribution in [-0.4, -0.2) is 4.98 Å². The first-order chi connectivity index (χ1) is 5.74. The van der Waals surface area contributed by atoms with Crippen molar-refractivity contribution < 1.29 is 0 Å². The van der Waals surface area contributed by atoms with Crippen LogP contribution in [0.3, 0.4) is 0 Å². The molecule has 1 nitrogen and oxygen atoms in total. The van der Waals surface area contributed by atoms with Gasteiger partial charge in [-0.05, 0) is 31.6 Å². The zero-order chi connectivity index (χ0) is 8.97. The molecule has 1 aromatic heterocycles. The number of hydrogen-bond acceptors (Lipinski definition) is 1. The molecule has 0 unspecified atom stereocenters. The lowest BCUT2D eigenvalue weighted by Crippen LogP contribution is -1.88. The van der Waals surface area contributed by atoms with Crippen molar-refractivity contribution in [3.8, 4) is 0 Å². The van der Waals surface area contributed by atoms with Crippen LogP contribution in [0.1, 0.15) is 17.0 Å². The Bertz CT molecular complexity index is 311. The Morgan fingerprint density at radius 1 is 1.33 bits per heavy atom. The molecule has 0 aliphatic carbocycles. The Balaban J connectivity index is 3.04. The maximum absolute atomic E-state index is 4.38. The lowest BCUT2D eigenvalue weighted by atomic mass is 10.2. The zero-order valence-corrected chi connectivity index (χ0v) is 7.54. The van der Waals surface area contributed by atoms with Crippen LogP contribution in [0.15, 0.2) is 30.9 Å². The van der Waals surface area contributed by atoms with Gasteiger partial charge in [-0.2, -0.15) is 0 Å². The van der Waals surface area contributed by atoms with E-state index >= 15 is 0 Å². The molecule has 0 aliphatic heterocycles. The normalized spacial score (nSPS) is 10.5. The average molecular weight is 159 g/mol. The van der Waals surface area contributed by atoms with Gasteiger partial charge in [0, 0.05) is 5.69 Å². The summed E-state index contributed by atoms with van der Waals surface area (Å²) < 4.78 is 0. The SMILES string of the molecule is C=CC=Cc1nc(C)ccc1C. The number of pyridine rings is 1. The second-order valence-corrected chi connectivity index (χ2v) is 2.75. The number of nitrogens with zero attached hydrogens (tertiary/aromatic N) is 1. The van der Waals surface area contributed by atoms with Gasteiger partial charge in [0.05, 0.1) is 5.69 Å². The van der Waals surface area contributed by atoms with Crippen LogP contribution >= 0.6 is 0 Å². The van der Waals surface area contributed by atoms with Gasteiger partial charge in [0.2, 0.25) is 0 Å². The first-order valence-corrected chi connectivity index (χ1v) is 3.97. The smallest absolute Gasteiger partial charge is 0.0661 e. The van der Waals surface area contributed by atoms with E-state index in [0.717, 1.165) is 11.4 Å². The van der Waals surface area contributed by atoms with Crippen molar-refractivity contribution in [1.29, 1.82) is 0 Å². The Morgan fingerprint density at radius 2 is 2.08 bits per heavy atom. The Kier molecular flexibility index (Phi) is 2.81. The first kappa shape index (κ1) is 8.72. The molecular formula is C11H13N. The van der Waals surface area contributed by atoms with Gasteiger partial charge >= 0.3 is 0 Å². The second-order valence-electron chi connectivity index (χ2n) is 2.75. The zero-order valence-electron chi connectivity index (χ0n) is 7.54. The Morgan fingerprint density at radius 3 is 2.75 bits per heavy atom. The molecule has 0 amide bonds. The lowest BCUT2D eigenvalue weighted by molar-refractivity contribution is 1.15. The summed E-state index contributed by atoms with van der Waals surface area (Å²) in [5, 5.41) is 0. The van der Waals surface area contributed by atoms with Crippen molar-refractivity contribution in [2.75, 3.05) is 0 Å². The molecule has 0 aromatic carbocycles. The third-order valence-electron chi connectivity index (χ3n) is 1.67. The van der Waals surface area contributed by atoms with Crippen LogP contribution in [-0.2, 0) is 0 Å². The van der Waals surface area contributed by atoms with Gasteiger partial charge < -0.3 is 0 Å². The minimum Gasteiger partial charge on any atom is -0.253 e. The third kappa shape index (κ3) is 2.06. The molecule has 0 spiro atoms. The highest BCUT2D eigenvalue weighted by molar-refractivity contribution is 5.50. The molecule has 0 saturated carbocycles. The van der Waals surface area contributed by atoms with Crippen molar-refractivity contribution in [1.82, 2.24) is 4.98 Å². The summed E-state index contributed by atoms with van der Waals surface area (Å²) in [6.45, 7) is 7.65. The van der Waals surface area contributed by atoms with Gasteiger partial charge in [0.1, 0.15) is 0 Å². The molecular weight excluding hydrogens is 146 g/mol. The topological polar surface area (TPSA) is 12.9 Å². The molecule has 0 fully saturated rings. The van der Waals surface area contributed by atoms with Crippen LogP contribution in [0.5, 0.6) is 0 Å². The van der Waals surface area contributed by atoms with E-state index in [9.17, 15) is 0 Å². The van der Waals surface area contributed by atoms with E-state index < -0.39 is 0 Å². The summed E-state index contributed by atoms with van der Waals surface area (Å²) in [5.41, 5.74) is 3.26. The molecule has 1 aromatic rings. The van der Waals surface area contributed by atoms with Crippen molar-refractivity contribution in [2.24, 2.45) is 0 Å². The molecule has 0 atom stereocenters. The molecule has 1 rings (SSSR count). The van der Waals surface area contributed by atoms with Gasteiger partial charge in [-0.3, -0.25) is 4.98 Å².